The Morgan fingerprint density at radius 1 is 1.38 bits per heavy atom. The molecule has 0 amide bonds. The van der Waals surface area contributed by atoms with Crippen LogP contribution in [-0.2, 0) is 0 Å². The summed E-state index contributed by atoms with van der Waals surface area (Å²) in [6, 6.07) is 2.08. The van der Waals surface area contributed by atoms with Gasteiger partial charge in [0.05, 0.1) is 13.3 Å². The molecule has 1 saturated carbocycles. The lowest BCUT2D eigenvalue weighted by molar-refractivity contribution is 0.301. The highest BCUT2D eigenvalue weighted by atomic mass is 16.5. The van der Waals surface area contributed by atoms with Crippen LogP contribution in [-0.4, -0.2) is 12.1 Å². The Bertz CT molecular complexity index is 334. The summed E-state index contributed by atoms with van der Waals surface area (Å²) in [7, 11) is 1.67. The van der Waals surface area contributed by atoms with Crippen LogP contribution in [0.1, 0.15) is 43.7 Å². The minimum absolute atomic E-state index is 0.0956. The Hall–Kier alpha value is -1.09. The Kier molecular flexibility index (Phi) is 3.78. The molecule has 1 aromatic heterocycles. The molecule has 1 aromatic rings. The van der Waals surface area contributed by atoms with E-state index in [1.54, 1.807) is 19.5 Å². The molecule has 1 aliphatic rings. The second kappa shape index (κ2) is 5.30. The van der Waals surface area contributed by atoms with Crippen molar-refractivity contribution in [1.82, 2.24) is 4.98 Å². The minimum atomic E-state index is 0.0956. The number of nitrogens with two attached hydrogens (primary N) is 1. The molecular weight excluding hydrogens is 200 g/mol. The van der Waals surface area contributed by atoms with Gasteiger partial charge in [0.15, 0.2) is 0 Å². The highest BCUT2D eigenvalue weighted by Gasteiger charge is 2.23. The lowest BCUT2D eigenvalue weighted by atomic mass is 9.81. The average molecular weight is 220 g/mol. The molecule has 1 heterocycles. The molecule has 0 spiro atoms. The number of hydrogen-bond donors (Lipinski definition) is 1. The number of ether oxygens (including phenoxy) is 1. The van der Waals surface area contributed by atoms with E-state index in [4.69, 9.17) is 10.5 Å². The third kappa shape index (κ3) is 2.35. The fraction of sp³-hybridized carbons (Fsp3) is 0.615. The molecule has 0 radical (unpaired) electrons. The smallest absolute Gasteiger partial charge is 0.141 e. The molecule has 88 valence electrons. The lowest BCUT2D eigenvalue weighted by Gasteiger charge is -2.28. The van der Waals surface area contributed by atoms with Gasteiger partial charge in [0.25, 0.3) is 0 Å². The first-order valence-corrected chi connectivity index (χ1v) is 6.06. The summed E-state index contributed by atoms with van der Waals surface area (Å²) in [6.07, 6.45) is 10.0. The molecule has 2 N–H and O–H groups in total. The second-order valence-corrected chi connectivity index (χ2v) is 4.54. The summed E-state index contributed by atoms with van der Waals surface area (Å²) >= 11 is 0. The first kappa shape index (κ1) is 11.4. The fourth-order valence-electron chi connectivity index (χ4n) is 2.58. The largest absolute Gasteiger partial charge is 0.495 e. The Balaban J connectivity index is 2.15. The quantitative estimate of drug-likeness (QED) is 0.852. The van der Waals surface area contributed by atoms with Gasteiger partial charge < -0.3 is 10.5 Å². The van der Waals surface area contributed by atoms with E-state index in [1.807, 2.05) is 6.07 Å². The van der Waals surface area contributed by atoms with Gasteiger partial charge in [0, 0.05) is 17.8 Å². The van der Waals surface area contributed by atoms with Crippen LogP contribution < -0.4 is 10.5 Å². The normalized spacial score (nSPS) is 19.4. The molecular formula is C13H20N2O. The van der Waals surface area contributed by atoms with Gasteiger partial charge in [-0.3, -0.25) is 4.98 Å². The standard InChI is InChI=1S/C13H20N2O/c1-16-12-9-15-8-7-11(12)13(14)10-5-3-2-4-6-10/h7-10,13H,2-6,14H2,1H3. The van der Waals surface area contributed by atoms with Gasteiger partial charge >= 0.3 is 0 Å². The molecule has 3 nitrogen and oxygen atoms in total. The van der Waals surface area contributed by atoms with E-state index in [2.05, 4.69) is 4.98 Å². The minimum Gasteiger partial charge on any atom is -0.495 e. The van der Waals surface area contributed by atoms with Gasteiger partial charge in [-0.2, -0.15) is 0 Å². The van der Waals surface area contributed by atoms with Crippen LogP contribution in [0.3, 0.4) is 0 Å². The van der Waals surface area contributed by atoms with Crippen LogP contribution in [0.5, 0.6) is 5.75 Å². The van der Waals surface area contributed by atoms with E-state index in [1.165, 1.54) is 32.1 Å². The van der Waals surface area contributed by atoms with Crippen molar-refractivity contribution in [3.63, 3.8) is 0 Å². The monoisotopic (exact) mass is 220 g/mol. The zero-order chi connectivity index (χ0) is 11.4. The van der Waals surface area contributed by atoms with Crippen LogP contribution in [0.2, 0.25) is 0 Å². The van der Waals surface area contributed by atoms with Crippen LogP contribution >= 0.6 is 0 Å². The number of nitrogens with zero attached hydrogens (tertiary/aromatic N) is 1. The topological polar surface area (TPSA) is 48.1 Å². The summed E-state index contributed by atoms with van der Waals surface area (Å²) in [5, 5.41) is 0. The summed E-state index contributed by atoms with van der Waals surface area (Å²) in [4.78, 5) is 4.06. The predicted octanol–water partition coefficient (Wildman–Crippen LogP) is 2.67. The Morgan fingerprint density at radius 3 is 2.81 bits per heavy atom. The van der Waals surface area contributed by atoms with Crippen molar-refractivity contribution < 1.29 is 4.74 Å². The van der Waals surface area contributed by atoms with Crippen LogP contribution in [0.25, 0.3) is 0 Å². The summed E-state index contributed by atoms with van der Waals surface area (Å²) in [5.74, 6) is 1.42. The van der Waals surface area contributed by atoms with Gasteiger partial charge in [-0.05, 0) is 24.8 Å². The van der Waals surface area contributed by atoms with Gasteiger partial charge in [-0.25, -0.2) is 0 Å². The van der Waals surface area contributed by atoms with Crippen molar-refractivity contribution in [2.75, 3.05) is 7.11 Å². The number of methoxy groups -OCH3 is 1. The maximum Gasteiger partial charge on any atom is 0.141 e. The van der Waals surface area contributed by atoms with Gasteiger partial charge in [-0.1, -0.05) is 19.3 Å². The first-order chi connectivity index (χ1) is 7.83. The first-order valence-electron chi connectivity index (χ1n) is 6.06. The lowest BCUT2D eigenvalue weighted by Crippen LogP contribution is -2.24. The van der Waals surface area contributed by atoms with E-state index in [-0.39, 0.29) is 6.04 Å². The van der Waals surface area contributed by atoms with Crippen molar-refractivity contribution in [2.24, 2.45) is 11.7 Å². The van der Waals surface area contributed by atoms with Crippen LogP contribution in [0.15, 0.2) is 18.5 Å². The Labute approximate surface area is 97.0 Å². The second-order valence-electron chi connectivity index (χ2n) is 4.54. The molecule has 0 saturated heterocycles. The molecule has 0 aliphatic heterocycles. The summed E-state index contributed by atoms with van der Waals surface area (Å²) in [5.41, 5.74) is 7.44. The fourth-order valence-corrected chi connectivity index (χ4v) is 2.58. The van der Waals surface area contributed by atoms with Crippen LogP contribution in [0.4, 0.5) is 0 Å². The maximum atomic E-state index is 6.34. The highest BCUT2D eigenvalue weighted by Crippen LogP contribution is 2.35. The molecule has 1 fully saturated rings. The number of hydrogen-bond acceptors (Lipinski definition) is 3. The molecule has 1 aliphatic carbocycles. The molecule has 2 rings (SSSR count). The van der Waals surface area contributed by atoms with E-state index >= 15 is 0 Å². The molecule has 1 atom stereocenters. The van der Waals surface area contributed by atoms with E-state index in [9.17, 15) is 0 Å². The van der Waals surface area contributed by atoms with Crippen molar-refractivity contribution in [3.8, 4) is 5.75 Å². The van der Waals surface area contributed by atoms with Gasteiger partial charge in [-0.15, -0.1) is 0 Å². The van der Waals surface area contributed by atoms with E-state index < -0.39 is 0 Å². The molecule has 1 unspecified atom stereocenters. The highest BCUT2D eigenvalue weighted by molar-refractivity contribution is 5.33. The molecule has 3 heteroatoms. The van der Waals surface area contributed by atoms with Crippen LogP contribution in [0, 0.1) is 5.92 Å². The van der Waals surface area contributed by atoms with E-state index in [0.717, 1.165) is 11.3 Å². The van der Waals surface area contributed by atoms with E-state index in [0.29, 0.717) is 5.92 Å². The van der Waals surface area contributed by atoms with Crippen molar-refractivity contribution in [3.05, 3.63) is 24.0 Å². The number of rotatable bonds is 3. The zero-order valence-electron chi connectivity index (χ0n) is 9.86. The van der Waals surface area contributed by atoms with Crippen molar-refractivity contribution in [2.45, 2.75) is 38.1 Å². The maximum absolute atomic E-state index is 6.34. The Morgan fingerprint density at radius 2 is 2.12 bits per heavy atom. The zero-order valence-corrected chi connectivity index (χ0v) is 9.86. The molecule has 0 aromatic carbocycles. The number of pyridine rings is 1. The predicted molar refractivity (Wildman–Crippen MR) is 64.3 cm³/mol. The molecule has 16 heavy (non-hydrogen) atoms. The molecule has 0 bridgehead atoms. The van der Waals surface area contributed by atoms with Gasteiger partial charge in [0.1, 0.15) is 5.75 Å². The van der Waals surface area contributed by atoms with Crippen molar-refractivity contribution in [1.29, 1.82) is 0 Å². The van der Waals surface area contributed by atoms with Gasteiger partial charge in [0.2, 0.25) is 0 Å². The third-order valence-corrected chi connectivity index (χ3v) is 3.55. The third-order valence-electron chi connectivity index (χ3n) is 3.55. The summed E-state index contributed by atoms with van der Waals surface area (Å²) < 4.78 is 5.31. The van der Waals surface area contributed by atoms with Crippen molar-refractivity contribution >= 4 is 0 Å². The average Bonchev–Trinajstić information content (AvgIpc) is 2.39. The summed E-state index contributed by atoms with van der Waals surface area (Å²) in [6.45, 7) is 0. The SMILES string of the molecule is COc1cnccc1C(N)C1CCCCC1. The number of aromatic nitrogens is 1.